The molecular formula is C17H28N2O3S. The van der Waals surface area contributed by atoms with Gasteiger partial charge >= 0.3 is 0 Å². The molecule has 1 unspecified atom stereocenters. The lowest BCUT2D eigenvalue weighted by molar-refractivity contribution is 0.162. The van der Waals surface area contributed by atoms with Crippen molar-refractivity contribution in [2.24, 2.45) is 0 Å². The van der Waals surface area contributed by atoms with Crippen molar-refractivity contribution in [2.75, 3.05) is 32.5 Å². The van der Waals surface area contributed by atoms with Gasteiger partial charge in [-0.1, -0.05) is 31.5 Å². The minimum Gasteiger partial charge on any atom is -0.496 e. The van der Waals surface area contributed by atoms with Gasteiger partial charge in [0.1, 0.15) is 5.75 Å². The van der Waals surface area contributed by atoms with Crippen molar-refractivity contribution in [3.05, 3.63) is 29.8 Å². The number of nitrogens with zero attached hydrogens (tertiary/aromatic N) is 1. The number of para-hydroxylation sites is 1. The summed E-state index contributed by atoms with van der Waals surface area (Å²) in [5, 5.41) is 0. The van der Waals surface area contributed by atoms with E-state index in [0.29, 0.717) is 13.0 Å². The van der Waals surface area contributed by atoms with Crippen LogP contribution in [-0.2, 0) is 10.0 Å². The fraction of sp³-hybridized carbons (Fsp3) is 0.647. The lowest BCUT2D eigenvalue weighted by Gasteiger charge is -2.35. The summed E-state index contributed by atoms with van der Waals surface area (Å²) < 4.78 is 32.4. The molecule has 0 aromatic heterocycles. The third-order valence-corrected chi connectivity index (χ3v) is 5.85. The van der Waals surface area contributed by atoms with Gasteiger partial charge in [-0.05, 0) is 38.4 Å². The van der Waals surface area contributed by atoms with Gasteiger partial charge in [-0.25, -0.2) is 13.1 Å². The van der Waals surface area contributed by atoms with Crippen LogP contribution in [-0.4, -0.2) is 45.8 Å². The van der Waals surface area contributed by atoms with Gasteiger partial charge in [-0.3, -0.25) is 4.90 Å². The Bertz CT molecular complexity index is 583. The topological polar surface area (TPSA) is 58.6 Å². The molecule has 1 saturated heterocycles. The molecule has 130 valence electrons. The zero-order chi connectivity index (χ0) is 16.7. The van der Waals surface area contributed by atoms with Crippen LogP contribution < -0.4 is 9.46 Å². The number of hydrogen-bond donors (Lipinski definition) is 1. The second-order valence-electron chi connectivity index (χ2n) is 6.02. The van der Waals surface area contributed by atoms with E-state index in [1.54, 1.807) is 7.11 Å². The van der Waals surface area contributed by atoms with Crippen LogP contribution in [0.25, 0.3) is 0 Å². The number of benzene rings is 1. The predicted molar refractivity (Wildman–Crippen MR) is 93.2 cm³/mol. The van der Waals surface area contributed by atoms with Crippen molar-refractivity contribution in [1.82, 2.24) is 9.62 Å². The van der Waals surface area contributed by atoms with Crippen LogP contribution in [0.3, 0.4) is 0 Å². The summed E-state index contributed by atoms with van der Waals surface area (Å²) in [6.07, 6.45) is 4.19. The molecular weight excluding hydrogens is 312 g/mol. The molecule has 1 N–H and O–H groups in total. The van der Waals surface area contributed by atoms with Gasteiger partial charge in [-0.15, -0.1) is 0 Å². The molecule has 1 aliphatic rings. The molecule has 6 heteroatoms. The zero-order valence-corrected chi connectivity index (χ0v) is 14.9. The van der Waals surface area contributed by atoms with E-state index in [1.807, 2.05) is 31.2 Å². The first-order chi connectivity index (χ1) is 11.1. The molecule has 1 atom stereocenters. The van der Waals surface area contributed by atoms with Crippen molar-refractivity contribution in [3.63, 3.8) is 0 Å². The molecule has 0 bridgehead atoms. The highest BCUT2D eigenvalue weighted by atomic mass is 32.2. The van der Waals surface area contributed by atoms with E-state index in [2.05, 4.69) is 9.62 Å². The van der Waals surface area contributed by atoms with Crippen molar-refractivity contribution in [2.45, 2.75) is 38.6 Å². The van der Waals surface area contributed by atoms with Gasteiger partial charge in [0, 0.05) is 12.1 Å². The molecule has 1 aromatic carbocycles. The quantitative estimate of drug-likeness (QED) is 0.790. The SMILES string of the molecule is CCCS(=O)(=O)NCC(c1ccccc1OC)N1CCCCC1. The Hall–Kier alpha value is -1.11. The summed E-state index contributed by atoms with van der Waals surface area (Å²) in [7, 11) is -1.55. The van der Waals surface area contributed by atoms with Crippen molar-refractivity contribution in [3.8, 4) is 5.75 Å². The minimum atomic E-state index is -3.21. The van der Waals surface area contributed by atoms with Crippen LogP contribution in [0.1, 0.15) is 44.2 Å². The Kier molecular flexibility index (Phi) is 6.87. The highest BCUT2D eigenvalue weighted by Gasteiger charge is 2.26. The molecule has 0 saturated carbocycles. The van der Waals surface area contributed by atoms with Crippen LogP contribution >= 0.6 is 0 Å². The fourth-order valence-electron chi connectivity index (χ4n) is 3.15. The number of sulfonamides is 1. The molecule has 0 radical (unpaired) electrons. The molecule has 1 aromatic rings. The van der Waals surface area contributed by atoms with Gasteiger partial charge in [-0.2, -0.15) is 0 Å². The average molecular weight is 340 g/mol. The predicted octanol–water partition coefficient (Wildman–Crippen LogP) is 2.55. The van der Waals surface area contributed by atoms with Gasteiger partial charge in [0.05, 0.1) is 18.9 Å². The maximum Gasteiger partial charge on any atom is 0.211 e. The number of hydrogen-bond acceptors (Lipinski definition) is 4. The molecule has 2 rings (SSSR count). The second kappa shape index (κ2) is 8.66. The summed E-state index contributed by atoms with van der Waals surface area (Å²) in [6, 6.07) is 7.91. The minimum absolute atomic E-state index is 0.0121. The first-order valence-corrected chi connectivity index (χ1v) is 10.1. The Morgan fingerprint density at radius 2 is 1.91 bits per heavy atom. The number of piperidine rings is 1. The van der Waals surface area contributed by atoms with Crippen molar-refractivity contribution in [1.29, 1.82) is 0 Å². The molecule has 1 aliphatic heterocycles. The Labute approximate surface area is 140 Å². The molecule has 1 heterocycles. The van der Waals surface area contributed by atoms with Crippen molar-refractivity contribution >= 4 is 10.0 Å². The summed E-state index contributed by atoms with van der Waals surface area (Å²) in [4.78, 5) is 2.37. The van der Waals surface area contributed by atoms with Crippen molar-refractivity contribution < 1.29 is 13.2 Å². The standard InChI is InChI=1S/C17H28N2O3S/c1-3-13-23(20,21)18-14-16(19-11-7-4-8-12-19)15-9-5-6-10-17(15)22-2/h5-6,9-10,16,18H,3-4,7-8,11-14H2,1-2H3. The molecule has 0 spiro atoms. The van der Waals surface area contributed by atoms with E-state index in [1.165, 1.54) is 6.42 Å². The maximum absolute atomic E-state index is 12.0. The van der Waals surface area contributed by atoms with E-state index in [9.17, 15) is 8.42 Å². The second-order valence-corrected chi connectivity index (χ2v) is 7.95. The highest BCUT2D eigenvalue weighted by molar-refractivity contribution is 7.89. The highest BCUT2D eigenvalue weighted by Crippen LogP contribution is 2.31. The number of methoxy groups -OCH3 is 1. The summed E-state index contributed by atoms with van der Waals surface area (Å²) in [5.74, 6) is 0.990. The molecule has 1 fully saturated rings. The van der Waals surface area contributed by atoms with Crippen LogP contribution in [0.4, 0.5) is 0 Å². The fourth-order valence-corrected chi connectivity index (χ4v) is 4.25. The smallest absolute Gasteiger partial charge is 0.211 e. The summed E-state index contributed by atoms with van der Waals surface area (Å²) >= 11 is 0. The third kappa shape index (κ3) is 5.19. The van der Waals surface area contributed by atoms with Crippen LogP contribution in [0.5, 0.6) is 5.75 Å². The van der Waals surface area contributed by atoms with E-state index < -0.39 is 10.0 Å². The van der Waals surface area contributed by atoms with Crippen LogP contribution in [0.2, 0.25) is 0 Å². The van der Waals surface area contributed by atoms with Gasteiger partial charge in [0.15, 0.2) is 0 Å². The lowest BCUT2D eigenvalue weighted by atomic mass is 10.0. The summed E-state index contributed by atoms with van der Waals surface area (Å²) in [6.45, 7) is 4.26. The maximum atomic E-state index is 12.0. The summed E-state index contributed by atoms with van der Waals surface area (Å²) in [5.41, 5.74) is 1.05. The first-order valence-electron chi connectivity index (χ1n) is 8.41. The van der Waals surface area contributed by atoms with E-state index in [4.69, 9.17) is 4.74 Å². The third-order valence-electron chi connectivity index (χ3n) is 4.30. The molecule has 5 nitrogen and oxygen atoms in total. The molecule has 0 aliphatic carbocycles. The van der Waals surface area contributed by atoms with Crippen LogP contribution in [0, 0.1) is 0 Å². The Morgan fingerprint density at radius 1 is 1.22 bits per heavy atom. The van der Waals surface area contributed by atoms with Gasteiger partial charge in [0.2, 0.25) is 10.0 Å². The average Bonchev–Trinajstić information content (AvgIpc) is 2.56. The van der Waals surface area contributed by atoms with Crippen LogP contribution in [0.15, 0.2) is 24.3 Å². The Balaban J connectivity index is 2.21. The van der Waals surface area contributed by atoms with E-state index in [0.717, 1.165) is 37.2 Å². The van der Waals surface area contributed by atoms with E-state index >= 15 is 0 Å². The Morgan fingerprint density at radius 3 is 2.57 bits per heavy atom. The number of likely N-dealkylation sites (tertiary alicyclic amines) is 1. The number of ether oxygens (including phenoxy) is 1. The van der Waals surface area contributed by atoms with Gasteiger partial charge in [0.25, 0.3) is 0 Å². The monoisotopic (exact) mass is 340 g/mol. The molecule has 0 amide bonds. The van der Waals surface area contributed by atoms with E-state index in [-0.39, 0.29) is 11.8 Å². The largest absolute Gasteiger partial charge is 0.496 e. The molecule has 23 heavy (non-hydrogen) atoms. The number of nitrogens with one attached hydrogen (secondary N) is 1. The lowest BCUT2D eigenvalue weighted by Crippen LogP contribution is -2.41. The number of rotatable bonds is 8. The van der Waals surface area contributed by atoms with Gasteiger partial charge < -0.3 is 4.74 Å². The normalized spacial score (nSPS) is 17.8. The zero-order valence-electron chi connectivity index (χ0n) is 14.1. The first kappa shape index (κ1) is 18.2.